The number of rotatable bonds is 0. The summed E-state index contributed by atoms with van der Waals surface area (Å²) in [7, 11) is 0.375. The fourth-order valence-electron chi connectivity index (χ4n) is 0.314. The van der Waals surface area contributed by atoms with Crippen LogP contribution in [0.4, 0.5) is 0 Å². The predicted molar refractivity (Wildman–Crippen MR) is 21.2 cm³/mol. The minimum absolute atomic E-state index is 0.120. The minimum Gasteiger partial charge on any atom is -0.307 e. The first-order valence-electron chi connectivity index (χ1n) is 1.76. The highest BCUT2D eigenvalue weighted by atomic mass is 16.6. The summed E-state index contributed by atoms with van der Waals surface area (Å²) >= 11 is 0. The maximum absolute atomic E-state index is 10.1. The van der Waals surface area contributed by atoms with E-state index in [9.17, 15) is 4.79 Å². The lowest BCUT2D eigenvalue weighted by Crippen LogP contribution is -2.12. The number of hydrogen-bond acceptors (Lipinski definition) is 3. The Morgan fingerprint density at radius 2 is 2.83 bits per heavy atom. The van der Waals surface area contributed by atoms with Crippen molar-refractivity contribution in [2.24, 2.45) is 0 Å². The van der Waals surface area contributed by atoms with Crippen LogP contribution in [0, 0.1) is 0 Å². The Morgan fingerprint density at radius 3 is 3.00 bits per heavy atom. The highest BCUT2D eigenvalue weighted by Gasteiger charge is 2.10. The van der Waals surface area contributed by atoms with Crippen LogP contribution in [-0.2, 0) is 9.63 Å². The van der Waals surface area contributed by atoms with Crippen LogP contribution in [0.5, 0.6) is 0 Å². The van der Waals surface area contributed by atoms with Crippen molar-refractivity contribution in [1.82, 2.24) is 5.39 Å². The van der Waals surface area contributed by atoms with Gasteiger partial charge in [0.05, 0.1) is 0 Å². The highest BCUT2D eigenvalue weighted by Crippen LogP contribution is 1.76. The van der Waals surface area contributed by atoms with Gasteiger partial charge in [-0.05, 0) is 0 Å². The minimum atomic E-state index is 0.120. The van der Waals surface area contributed by atoms with Crippen LogP contribution in [0.25, 0.3) is 0 Å². The van der Waals surface area contributed by atoms with Crippen molar-refractivity contribution in [3.63, 3.8) is 0 Å². The lowest BCUT2D eigenvalue weighted by atomic mass is 9.92. The molecular formula is C2H4BNO2. The second kappa shape index (κ2) is 1.40. The van der Waals surface area contributed by atoms with E-state index in [0.717, 1.165) is 0 Å². The monoisotopic (exact) mass is 85.0 g/mol. The van der Waals surface area contributed by atoms with Crippen LogP contribution in [0.2, 0.25) is 0 Å². The molecule has 1 aliphatic rings. The summed E-state index contributed by atoms with van der Waals surface area (Å²) in [5.41, 5.74) is 0.120. The van der Waals surface area contributed by atoms with Gasteiger partial charge in [0.2, 0.25) is 0 Å². The van der Waals surface area contributed by atoms with Crippen molar-refractivity contribution in [2.75, 3.05) is 6.61 Å². The van der Waals surface area contributed by atoms with E-state index in [2.05, 4.69) is 10.2 Å². The molecule has 1 rings (SSSR count). The standard InChI is InChI=1S/C2H4BNO2/c5-2-1-6-4-3-2/h3-4H,1H2. The topological polar surface area (TPSA) is 38.3 Å². The van der Waals surface area contributed by atoms with Gasteiger partial charge in [-0.25, -0.2) is 5.39 Å². The van der Waals surface area contributed by atoms with E-state index in [0.29, 0.717) is 7.41 Å². The molecule has 1 aliphatic heterocycles. The SMILES string of the molecule is O=C1BNOC1. The Morgan fingerprint density at radius 1 is 2.00 bits per heavy atom. The molecular weight excluding hydrogens is 80.8 g/mol. The fraction of sp³-hybridized carbons (Fsp3) is 0.500. The quantitative estimate of drug-likeness (QED) is 0.360. The molecule has 6 heavy (non-hydrogen) atoms. The molecule has 4 heteroatoms. The van der Waals surface area contributed by atoms with Gasteiger partial charge in [-0.1, -0.05) is 0 Å². The lowest BCUT2D eigenvalue weighted by Gasteiger charge is -1.78. The van der Waals surface area contributed by atoms with Crippen molar-refractivity contribution in [3.8, 4) is 0 Å². The molecule has 0 saturated carbocycles. The lowest BCUT2D eigenvalue weighted by molar-refractivity contribution is -0.114. The summed E-state index contributed by atoms with van der Waals surface area (Å²) in [5, 5.41) is 2.42. The maximum Gasteiger partial charge on any atom is 0.315 e. The molecule has 0 amide bonds. The van der Waals surface area contributed by atoms with Gasteiger partial charge >= 0.3 is 7.41 Å². The first kappa shape index (κ1) is 3.83. The van der Waals surface area contributed by atoms with Crippen LogP contribution in [-0.4, -0.2) is 19.7 Å². The summed E-state index contributed by atoms with van der Waals surface area (Å²) in [6.07, 6.45) is 0. The number of nitrogens with one attached hydrogen (secondary N) is 1. The summed E-state index contributed by atoms with van der Waals surface area (Å²) in [6.45, 7) is 0.236. The zero-order valence-electron chi connectivity index (χ0n) is 3.23. The highest BCUT2D eigenvalue weighted by molar-refractivity contribution is 6.72. The Hall–Kier alpha value is -0.345. The molecule has 0 aliphatic carbocycles. The summed E-state index contributed by atoms with van der Waals surface area (Å²) in [4.78, 5) is 14.5. The van der Waals surface area contributed by atoms with Crippen LogP contribution < -0.4 is 5.39 Å². The summed E-state index contributed by atoms with van der Waals surface area (Å²) < 4.78 is 0. The molecule has 0 bridgehead atoms. The zero-order valence-corrected chi connectivity index (χ0v) is 3.23. The Labute approximate surface area is 35.9 Å². The van der Waals surface area contributed by atoms with Gasteiger partial charge in [0, 0.05) is 0 Å². The molecule has 1 heterocycles. The van der Waals surface area contributed by atoms with Gasteiger partial charge in [-0.2, -0.15) is 0 Å². The van der Waals surface area contributed by atoms with Crippen molar-refractivity contribution >= 4 is 13.1 Å². The van der Waals surface area contributed by atoms with Gasteiger partial charge < -0.3 is 9.63 Å². The first-order chi connectivity index (χ1) is 2.89. The van der Waals surface area contributed by atoms with E-state index in [1.807, 2.05) is 0 Å². The van der Waals surface area contributed by atoms with Crippen molar-refractivity contribution < 1.29 is 9.63 Å². The van der Waals surface area contributed by atoms with Crippen LogP contribution >= 0.6 is 0 Å². The first-order valence-corrected chi connectivity index (χ1v) is 1.76. The molecule has 3 nitrogen and oxygen atoms in total. The molecule has 0 unspecified atom stereocenters. The number of carbonyl (C=O) groups is 1. The molecule has 1 saturated heterocycles. The van der Waals surface area contributed by atoms with Gasteiger partial charge in [-0.15, -0.1) is 0 Å². The second-order valence-corrected chi connectivity index (χ2v) is 1.15. The van der Waals surface area contributed by atoms with Crippen molar-refractivity contribution in [2.45, 2.75) is 0 Å². The van der Waals surface area contributed by atoms with Gasteiger partial charge in [0.1, 0.15) is 12.3 Å². The smallest absolute Gasteiger partial charge is 0.307 e. The van der Waals surface area contributed by atoms with Gasteiger partial charge in [0.15, 0.2) is 0 Å². The van der Waals surface area contributed by atoms with E-state index >= 15 is 0 Å². The predicted octanol–water partition coefficient (Wildman–Crippen LogP) is -1.60. The van der Waals surface area contributed by atoms with E-state index in [1.165, 1.54) is 0 Å². The van der Waals surface area contributed by atoms with E-state index in [4.69, 9.17) is 0 Å². The molecule has 0 aromatic heterocycles. The zero-order chi connectivity index (χ0) is 4.41. The van der Waals surface area contributed by atoms with Gasteiger partial charge in [0.25, 0.3) is 0 Å². The van der Waals surface area contributed by atoms with Gasteiger partial charge in [-0.3, -0.25) is 0 Å². The third kappa shape index (κ3) is 0.582. The summed E-state index contributed by atoms with van der Waals surface area (Å²) in [6, 6.07) is 0. The Balaban J connectivity index is 2.37. The van der Waals surface area contributed by atoms with Crippen LogP contribution in [0.1, 0.15) is 0 Å². The molecule has 32 valence electrons. The van der Waals surface area contributed by atoms with Crippen LogP contribution in [0.3, 0.4) is 0 Å². The van der Waals surface area contributed by atoms with Crippen molar-refractivity contribution in [3.05, 3.63) is 0 Å². The molecule has 0 atom stereocenters. The fourth-order valence-corrected chi connectivity index (χ4v) is 0.314. The third-order valence-corrected chi connectivity index (χ3v) is 0.605. The van der Waals surface area contributed by atoms with E-state index in [1.54, 1.807) is 0 Å². The Kier molecular flexibility index (Phi) is 0.897. The Bertz CT molecular complexity index is 65.9. The second-order valence-electron chi connectivity index (χ2n) is 1.15. The normalized spacial score (nSPS) is 21.0. The van der Waals surface area contributed by atoms with E-state index in [-0.39, 0.29) is 12.3 Å². The van der Waals surface area contributed by atoms with Crippen molar-refractivity contribution in [1.29, 1.82) is 0 Å². The molecule has 0 aromatic rings. The van der Waals surface area contributed by atoms with Crippen LogP contribution in [0.15, 0.2) is 0 Å². The average molecular weight is 84.9 g/mol. The molecule has 1 fully saturated rings. The average Bonchev–Trinajstić information content (AvgIpc) is 1.86. The molecule has 0 aromatic carbocycles. The largest absolute Gasteiger partial charge is 0.315 e. The molecule has 0 spiro atoms. The van der Waals surface area contributed by atoms with E-state index < -0.39 is 0 Å². The maximum atomic E-state index is 10.1. The third-order valence-electron chi connectivity index (χ3n) is 0.605. The molecule has 0 radical (unpaired) electrons. The summed E-state index contributed by atoms with van der Waals surface area (Å²) in [5.74, 6) is 0. The molecule has 1 N–H and O–H groups in total. The number of carbonyl (C=O) groups excluding carboxylic acids is 1. The number of hydrogen-bond donors (Lipinski definition) is 1.